The quantitative estimate of drug-likeness (QED) is 0.880. The Hall–Kier alpha value is -2.69. The van der Waals surface area contributed by atoms with E-state index in [0.29, 0.717) is 0 Å². The number of amides is 1. The molecule has 0 saturated heterocycles. The predicted octanol–water partition coefficient (Wildman–Crippen LogP) is 3.22. The van der Waals surface area contributed by atoms with Crippen molar-refractivity contribution in [3.05, 3.63) is 59.8 Å². The lowest BCUT2D eigenvalue weighted by molar-refractivity contribution is -0.115. The van der Waals surface area contributed by atoms with Crippen molar-refractivity contribution in [2.75, 3.05) is 5.32 Å². The molecule has 5 heteroatoms. The molecular weight excluding hydrogens is 292 g/mol. The van der Waals surface area contributed by atoms with Gasteiger partial charge in [-0.05, 0) is 38.5 Å². The topological polar surface area (TPSA) is 68.3 Å². The Bertz CT molecular complexity index is 691. The third-order valence-electron chi connectivity index (χ3n) is 2.89. The molecule has 2 aromatic rings. The lowest BCUT2D eigenvalue weighted by Crippen LogP contribution is -2.25. The summed E-state index contributed by atoms with van der Waals surface area (Å²) in [5.41, 5.74) is 0.515. The predicted molar refractivity (Wildman–Crippen MR) is 88.2 cm³/mol. The highest BCUT2D eigenvalue weighted by molar-refractivity contribution is 6.00. The highest BCUT2D eigenvalue weighted by Gasteiger charge is 2.21. The molecule has 0 bridgehead atoms. The van der Waals surface area contributed by atoms with Gasteiger partial charge in [0.25, 0.3) is 0 Å². The number of nitrogens with zero attached hydrogens (tertiary/aromatic N) is 1. The first-order valence-corrected chi connectivity index (χ1v) is 7.37. The largest absolute Gasteiger partial charge is 0.456 e. The number of rotatable bonds is 4. The zero-order valence-electron chi connectivity index (χ0n) is 13.5. The molecule has 2 rings (SSSR count). The number of ether oxygens (including phenoxy) is 1. The summed E-state index contributed by atoms with van der Waals surface area (Å²) < 4.78 is 5.33. The fraction of sp³-hybridized carbons (Fsp3) is 0.278. The Kier molecular flexibility index (Phi) is 5.11. The molecule has 1 aromatic heterocycles. The van der Waals surface area contributed by atoms with Crippen molar-refractivity contribution in [1.82, 2.24) is 4.98 Å². The van der Waals surface area contributed by atoms with E-state index in [-0.39, 0.29) is 23.7 Å². The van der Waals surface area contributed by atoms with Crippen molar-refractivity contribution >= 4 is 17.7 Å². The van der Waals surface area contributed by atoms with Crippen LogP contribution >= 0.6 is 0 Å². The van der Waals surface area contributed by atoms with Gasteiger partial charge in [0.15, 0.2) is 0 Å². The van der Waals surface area contributed by atoms with Crippen molar-refractivity contribution < 1.29 is 14.3 Å². The van der Waals surface area contributed by atoms with E-state index in [2.05, 4.69) is 10.3 Å². The lowest BCUT2D eigenvalue weighted by atomic mass is 10.1. The third kappa shape index (κ3) is 5.21. The molecule has 120 valence electrons. The van der Waals surface area contributed by atoms with E-state index < -0.39 is 11.6 Å². The van der Waals surface area contributed by atoms with Gasteiger partial charge in [0.05, 0.1) is 6.42 Å². The average Bonchev–Trinajstić information content (AvgIpc) is 2.47. The Morgan fingerprint density at radius 1 is 1.09 bits per heavy atom. The van der Waals surface area contributed by atoms with Crippen LogP contribution in [0.5, 0.6) is 0 Å². The first kappa shape index (κ1) is 16.7. The Labute approximate surface area is 135 Å². The van der Waals surface area contributed by atoms with Gasteiger partial charge in [-0.25, -0.2) is 9.78 Å². The number of hydrogen-bond donors (Lipinski definition) is 1. The van der Waals surface area contributed by atoms with Gasteiger partial charge >= 0.3 is 5.97 Å². The van der Waals surface area contributed by atoms with Crippen LogP contribution < -0.4 is 5.32 Å². The van der Waals surface area contributed by atoms with Crippen molar-refractivity contribution in [2.45, 2.75) is 32.8 Å². The van der Waals surface area contributed by atoms with Crippen LogP contribution in [0.4, 0.5) is 5.82 Å². The number of carbonyl (C=O) groups is 2. The monoisotopic (exact) mass is 312 g/mol. The fourth-order valence-electron chi connectivity index (χ4n) is 1.96. The Morgan fingerprint density at radius 2 is 1.78 bits per heavy atom. The van der Waals surface area contributed by atoms with E-state index in [9.17, 15) is 9.59 Å². The molecule has 0 atom stereocenters. The molecule has 0 fully saturated rings. The second kappa shape index (κ2) is 7.05. The van der Waals surface area contributed by atoms with Gasteiger partial charge < -0.3 is 10.1 Å². The van der Waals surface area contributed by atoms with Crippen LogP contribution in [-0.2, 0) is 16.0 Å². The van der Waals surface area contributed by atoms with Crippen molar-refractivity contribution in [3.8, 4) is 0 Å². The van der Waals surface area contributed by atoms with Crippen LogP contribution in [0, 0.1) is 0 Å². The third-order valence-corrected chi connectivity index (χ3v) is 2.89. The fourth-order valence-corrected chi connectivity index (χ4v) is 1.96. The van der Waals surface area contributed by atoms with Gasteiger partial charge in [-0.15, -0.1) is 0 Å². The van der Waals surface area contributed by atoms with E-state index in [0.717, 1.165) is 5.56 Å². The summed E-state index contributed by atoms with van der Waals surface area (Å²) in [7, 11) is 0. The van der Waals surface area contributed by atoms with E-state index in [1.54, 1.807) is 32.9 Å². The number of pyridine rings is 1. The summed E-state index contributed by atoms with van der Waals surface area (Å²) in [6, 6.07) is 12.6. The number of benzene rings is 1. The van der Waals surface area contributed by atoms with Crippen LogP contribution in [0.25, 0.3) is 0 Å². The second-order valence-corrected chi connectivity index (χ2v) is 6.11. The summed E-state index contributed by atoms with van der Waals surface area (Å²) >= 11 is 0. The van der Waals surface area contributed by atoms with Gasteiger partial charge in [0, 0.05) is 6.20 Å². The normalized spacial score (nSPS) is 10.9. The number of carbonyl (C=O) groups excluding carboxylic acids is 2. The second-order valence-electron chi connectivity index (χ2n) is 6.11. The van der Waals surface area contributed by atoms with Gasteiger partial charge in [-0.2, -0.15) is 0 Å². The molecule has 23 heavy (non-hydrogen) atoms. The molecule has 5 nitrogen and oxygen atoms in total. The molecule has 1 heterocycles. The zero-order valence-corrected chi connectivity index (χ0v) is 13.5. The number of esters is 1. The summed E-state index contributed by atoms with van der Waals surface area (Å²) in [5.74, 6) is -0.539. The molecule has 1 amide bonds. The maximum atomic E-state index is 12.2. The van der Waals surface area contributed by atoms with Crippen LogP contribution in [0.2, 0.25) is 0 Å². The van der Waals surface area contributed by atoms with Crippen molar-refractivity contribution in [2.24, 2.45) is 0 Å². The number of hydrogen-bond acceptors (Lipinski definition) is 4. The lowest BCUT2D eigenvalue weighted by Gasteiger charge is -2.20. The Morgan fingerprint density at radius 3 is 2.43 bits per heavy atom. The highest BCUT2D eigenvalue weighted by atomic mass is 16.6. The summed E-state index contributed by atoms with van der Waals surface area (Å²) in [5, 5.41) is 2.67. The first-order chi connectivity index (χ1) is 10.8. The van der Waals surface area contributed by atoms with Crippen LogP contribution in [0.15, 0.2) is 48.7 Å². The minimum absolute atomic E-state index is 0.211. The molecule has 0 aliphatic rings. The SMILES string of the molecule is CC(C)(C)OC(=O)c1cccnc1NC(=O)Cc1ccccc1. The number of anilines is 1. The molecule has 0 saturated carbocycles. The van der Waals surface area contributed by atoms with Gasteiger partial charge in [-0.1, -0.05) is 30.3 Å². The molecule has 0 radical (unpaired) electrons. The minimum Gasteiger partial charge on any atom is -0.456 e. The highest BCUT2D eigenvalue weighted by Crippen LogP contribution is 2.17. The van der Waals surface area contributed by atoms with Gasteiger partial charge in [0.2, 0.25) is 5.91 Å². The van der Waals surface area contributed by atoms with Gasteiger partial charge in [0.1, 0.15) is 17.0 Å². The number of nitrogens with one attached hydrogen (secondary N) is 1. The molecule has 0 aliphatic carbocycles. The van der Waals surface area contributed by atoms with Crippen LogP contribution in [0.3, 0.4) is 0 Å². The first-order valence-electron chi connectivity index (χ1n) is 7.37. The van der Waals surface area contributed by atoms with E-state index in [1.807, 2.05) is 30.3 Å². The average molecular weight is 312 g/mol. The van der Waals surface area contributed by atoms with E-state index in [4.69, 9.17) is 4.74 Å². The zero-order chi connectivity index (χ0) is 16.9. The minimum atomic E-state index is -0.613. The van der Waals surface area contributed by atoms with Crippen molar-refractivity contribution in [3.63, 3.8) is 0 Å². The molecule has 0 spiro atoms. The summed E-state index contributed by atoms with van der Waals surface area (Å²) in [4.78, 5) is 28.4. The van der Waals surface area contributed by atoms with E-state index in [1.165, 1.54) is 6.20 Å². The molecule has 0 unspecified atom stereocenters. The standard InChI is InChI=1S/C18H20N2O3/c1-18(2,3)23-17(22)14-10-7-11-19-16(14)20-15(21)12-13-8-5-4-6-9-13/h4-11H,12H2,1-3H3,(H,19,20,21). The smallest absolute Gasteiger partial charge is 0.342 e. The Balaban J connectivity index is 2.11. The van der Waals surface area contributed by atoms with Crippen LogP contribution in [-0.4, -0.2) is 22.5 Å². The molecular formula is C18H20N2O3. The maximum Gasteiger partial charge on any atom is 0.342 e. The number of aromatic nitrogens is 1. The van der Waals surface area contributed by atoms with E-state index >= 15 is 0 Å². The van der Waals surface area contributed by atoms with Gasteiger partial charge in [-0.3, -0.25) is 4.79 Å². The molecule has 1 aromatic carbocycles. The molecule has 0 aliphatic heterocycles. The van der Waals surface area contributed by atoms with Crippen LogP contribution in [0.1, 0.15) is 36.7 Å². The molecule has 1 N–H and O–H groups in total. The summed E-state index contributed by atoms with van der Waals surface area (Å²) in [6.45, 7) is 5.36. The maximum absolute atomic E-state index is 12.2. The van der Waals surface area contributed by atoms with Crippen molar-refractivity contribution in [1.29, 1.82) is 0 Å². The summed E-state index contributed by atoms with van der Waals surface area (Å²) in [6.07, 6.45) is 1.73.